The molecule has 4 nitrogen and oxygen atoms in total. The van der Waals surface area contributed by atoms with Gasteiger partial charge in [0.25, 0.3) is 5.89 Å². The summed E-state index contributed by atoms with van der Waals surface area (Å²) in [4.78, 5) is 4.46. The van der Waals surface area contributed by atoms with Gasteiger partial charge in [-0.2, -0.15) is 16.7 Å². The highest BCUT2D eigenvalue weighted by Gasteiger charge is 2.29. The molecule has 2 atom stereocenters. The predicted octanol–water partition coefficient (Wildman–Crippen LogP) is 4.11. The van der Waals surface area contributed by atoms with Crippen molar-refractivity contribution < 1.29 is 9.63 Å². The molecule has 2 aromatic rings. The normalized spacial score (nSPS) is 22.9. The van der Waals surface area contributed by atoms with Crippen LogP contribution >= 0.6 is 39.5 Å². The molecule has 0 spiro atoms. The molecule has 2 heterocycles. The van der Waals surface area contributed by atoms with Crippen LogP contribution in [0.15, 0.2) is 27.2 Å². The molecule has 1 saturated heterocycles. The van der Waals surface area contributed by atoms with E-state index in [0.29, 0.717) is 22.5 Å². The molecule has 0 radical (unpaired) electrons. The van der Waals surface area contributed by atoms with Gasteiger partial charge >= 0.3 is 0 Å². The molecule has 1 aliphatic rings. The smallest absolute Gasteiger partial charge is 0.261 e. The van der Waals surface area contributed by atoms with Gasteiger partial charge in [-0.3, -0.25) is 0 Å². The number of nitrogens with zero attached hydrogens (tertiary/aromatic N) is 2. The molecule has 1 fully saturated rings. The number of aromatic nitrogens is 2. The lowest BCUT2D eigenvalue weighted by molar-refractivity contribution is 0.416. The van der Waals surface area contributed by atoms with Crippen molar-refractivity contribution in [2.75, 3.05) is 11.5 Å². The molecule has 20 heavy (non-hydrogen) atoms. The van der Waals surface area contributed by atoms with Gasteiger partial charge < -0.3 is 9.63 Å². The standard InChI is InChI=1S/C13H13BrN2O2S2/c1-7-11(20-5-4-19-7)12-15-13(18-16-12)9-3-2-8(14)6-10(9)17/h2-3,6-7,11,17H,4-5H2,1H3. The summed E-state index contributed by atoms with van der Waals surface area (Å²) >= 11 is 7.11. The number of phenolic OH excluding ortho intramolecular Hbond substituents is 1. The Labute approximate surface area is 133 Å². The van der Waals surface area contributed by atoms with E-state index in [-0.39, 0.29) is 11.0 Å². The molecule has 2 unspecified atom stereocenters. The Hall–Kier alpha value is -0.660. The van der Waals surface area contributed by atoms with E-state index in [2.05, 4.69) is 33.0 Å². The number of rotatable bonds is 2. The minimum Gasteiger partial charge on any atom is -0.507 e. The first-order chi connectivity index (χ1) is 9.65. The van der Waals surface area contributed by atoms with Gasteiger partial charge in [0, 0.05) is 21.2 Å². The van der Waals surface area contributed by atoms with Crippen LogP contribution in [0.1, 0.15) is 18.0 Å². The van der Waals surface area contributed by atoms with Crippen LogP contribution in [-0.4, -0.2) is 32.0 Å². The van der Waals surface area contributed by atoms with Crippen LogP contribution in [0.25, 0.3) is 11.5 Å². The van der Waals surface area contributed by atoms with Crippen LogP contribution in [-0.2, 0) is 0 Å². The third-order valence-corrected chi connectivity index (χ3v) is 6.65. The zero-order chi connectivity index (χ0) is 14.1. The van der Waals surface area contributed by atoms with Crippen LogP contribution in [0.5, 0.6) is 5.75 Å². The zero-order valence-corrected chi connectivity index (χ0v) is 14.0. The Morgan fingerprint density at radius 1 is 1.35 bits per heavy atom. The summed E-state index contributed by atoms with van der Waals surface area (Å²) in [6.45, 7) is 2.19. The number of halogens is 1. The van der Waals surface area contributed by atoms with Gasteiger partial charge in [0.15, 0.2) is 5.82 Å². The van der Waals surface area contributed by atoms with E-state index in [0.717, 1.165) is 10.2 Å². The first kappa shape index (κ1) is 14.3. The van der Waals surface area contributed by atoms with Gasteiger partial charge in [0.05, 0.1) is 10.8 Å². The third-order valence-electron chi connectivity index (χ3n) is 3.07. The Morgan fingerprint density at radius 2 is 2.15 bits per heavy atom. The van der Waals surface area contributed by atoms with Gasteiger partial charge in [0.2, 0.25) is 0 Å². The van der Waals surface area contributed by atoms with Gasteiger partial charge in [-0.25, -0.2) is 0 Å². The molecule has 7 heteroatoms. The summed E-state index contributed by atoms with van der Waals surface area (Å²) in [7, 11) is 0. The highest BCUT2D eigenvalue weighted by atomic mass is 79.9. The second-order valence-corrected chi connectivity index (χ2v) is 8.14. The highest BCUT2D eigenvalue weighted by Crippen LogP contribution is 2.42. The Kier molecular flexibility index (Phi) is 4.28. The van der Waals surface area contributed by atoms with Crippen molar-refractivity contribution in [2.45, 2.75) is 17.4 Å². The molecular weight excluding hydrogens is 360 g/mol. The fourth-order valence-electron chi connectivity index (χ4n) is 2.06. The number of hydrogen-bond donors (Lipinski definition) is 1. The molecule has 0 saturated carbocycles. The highest BCUT2D eigenvalue weighted by molar-refractivity contribution is 9.10. The van der Waals surface area contributed by atoms with Crippen LogP contribution in [0.3, 0.4) is 0 Å². The van der Waals surface area contributed by atoms with Crippen LogP contribution in [0, 0.1) is 0 Å². The lowest BCUT2D eigenvalue weighted by Crippen LogP contribution is -2.16. The van der Waals surface area contributed by atoms with Gasteiger partial charge in [0.1, 0.15) is 5.75 Å². The van der Waals surface area contributed by atoms with E-state index in [1.165, 1.54) is 5.75 Å². The number of phenols is 1. The second kappa shape index (κ2) is 5.99. The van der Waals surface area contributed by atoms with E-state index >= 15 is 0 Å². The fraction of sp³-hybridized carbons (Fsp3) is 0.385. The second-order valence-electron chi connectivity index (χ2n) is 4.49. The molecule has 0 amide bonds. The SMILES string of the molecule is CC1SCCSC1c1noc(-c2ccc(Br)cc2O)n1. The van der Waals surface area contributed by atoms with Crippen LogP contribution < -0.4 is 0 Å². The minimum atomic E-state index is 0.133. The summed E-state index contributed by atoms with van der Waals surface area (Å²) in [5.41, 5.74) is 0.563. The maximum Gasteiger partial charge on any atom is 0.261 e. The molecule has 0 aliphatic carbocycles. The predicted molar refractivity (Wildman–Crippen MR) is 86.2 cm³/mol. The topological polar surface area (TPSA) is 59.2 Å². The van der Waals surface area contributed by atoms with Gasteiger partial charge in [-0.15, -0.1) is 11.8 Å². The maximum absolute atomic E-state index is 9.95. The van der Waals surface area contributed by atoms with Crippen LogP contribution in [0.2, 0.25) is 0 Å². The number of thioether (sulfide) groups is 2. The first-order valence-electron chi connectivity index (χ1n) is 6.21. The van der Waals surface area contributed by atoms with Crippen molar-refractivity contribution in [1.82, 2.24) is 10.1 Å². The largest absolute Gasteiger partial charge is 0.507 e. The zero-order valence-electron chi connectivity index (χ0n) is 10.7. The fourth-order valence-corrected chi connectivity index (χ4v) is 5.09. The van der Waals surface area contributed by atoms with Crippen molar-refractivity contribution >= 4 is 39.5 Å². The molecule has 1 aromatic heterocycles. The Bertz CT molecular complexity index is 620. The van der Waals surface area contributed by atoms with Crippen molar-refractivity contribution in [3.63, 3.8) is 0 Å². The molecule has 106 valence electrons. The lowest BCUT2D eigenvalue weighted by atomic mass is 10.2. The third kappa shape index (κ3) is 2.84. The molecular formula is C13H13BrN2O2S2. The van der Waals surface area contributed by atoms with Crippen molar-refractivity contribution in [2.24, 2.45) is 0 Å². The molecule has 0 bridgehead atoms. The summed E-state index contributed by atoms with van der Waals surface area (Å²) in [5, 5.41) is 14.8. The number of benzene rings is 1. The first-order valence-corrected chi connectivity index (χ1v) is 9.10. The molecule has 1 aromatic carbocycles. The minimum absolute atomic E-state index is 0.133. The maximum atomic E-state index is 9.95. The van der Waals surface area contributed by atoms with Crippen LogP contribution in [0.4, 0.5) is 0 Å². The van der Waals surface area contributed by atoms with E-state index < -0.39 is 0 Å². The number of aromatic hydroxyl groups is 1. The quantitative estimate of drug-likeness (QED) is 0.855. The average molecular weight is 373 g/mol. The van der Waals surface area contributed by atoms with E-state index in [1.807, 2.05) is 29.6 Å². The molecule has 1 N–H and O–H groups in total. The summed E-state index contributed by atoms with van der Waals surface area (Å²) in [6.07, 6.45) is 0. The molecule has 3 rings (SSSR count). The summed E-state index contributed by atoms with van der Waals surface area (Å²) in [6, 6.07) is 5.22. The summed E-state index contributed by atoms with van der Waals surface area (Å²) in [5.74, 6) is 3.49. The molecule has 1 aliphatic heterocycles. The van der Waals surface area contributed by atoms with E-state index in [9.17, 15) is 5.11 Å². The van der Waals surface area contributed by atoms with E-state index in [4.69, 9.17) is 4.52 Å². The van der Waals surface area contributed by atoms with Crippen molar-refractivity contribution in [1.29, 1.82) is 0 Å². The number of hydrogen-bond acceptors (Lipinski definition) is 6. The Balaban J connectivity index is 1.89. The van der Waals surface area contributed by atoms with E-state index in [1.54, 1.807) is 12.1 Å². The monoisotopic (exact) mass is 372 g/mol. The van der Waals surface area contributed by atoms with Gasteiger partial charge in [-0.1, -0.05) is 28.0 Å². The lowest BCUT2D eigenvalue weighted by Gasteiger charge is -2.24. The average Bonchev–Trinajstić information content (AvgIpc) is 2.88. The Morgan fingerprint density at radius 3 is 2.90 bits per heavy atom. The van der Waals surface area contributed by atoms with Gasteiger partial charge in [-0.05, 0) is 18.2 Å². The van der Waals surface area contributed by atoms with Crippen molar-refractivity contribution in [3.8, 4) is 17.2 Å². The summed E-state index contributed by atoms with van der Waals surface area (Å²) < 4.78 is 6.13. The van der Waals surface area contributed by atoms with Crippen molar-refractivity contribution in [3.05, 3.63) is 28.5 Å².